The predicted octanol–water partition coefficient (Wildman–Crippen LogP) is 2.00. The minimum Gasteiger partial charge on any atom is -0.493 e. The first kappa shape index (κ1) is 13.6. The second-order valence-electron chi connectivity index (χ2n) is 3.50. The Morgan fingerprint density at radius 2 is 2.16 bits per heavy atom. The van der Waals surface area contributed by atoms with Crippen molar-refractivity contribution in [2.75, 3.05) is 14.2 Å². The average molecular weight is 288 g/mol. The van der Waals surface area contributed by atoms with Crippen molar-refractivity contribution in [1.82, 2.24) is 10.1 Å². The fourth-order valence-corrected chi connectivity index (χ4v) is 1.81. The van der Waals surface area contributed by atoms with Crippen molar-refractivity contribution in [3.8, 4) is 22.9 Å². The van der Waals surface area contributed by atoms with Crippen molar-refractivity contribution in [2.45, 2.75) is 6.54 Å². The number of hydrogen-bond donors (Lipinski definition) is 1. The highest BCUT2D eigenvalue weighted by atomic mass is 35.5. The van der Waals surface area contributed by atoms with Gasteiger partial charge in [0, 0.05) is 0 Å². The first-order valence-corrected chi connectivity index (χ1v) is 5.63. The molecule has 6 nitrogen and oxygen atoms in total. The van der Waals surface area contributed by atoms with Crippen molar-refractivity contribution < 1.29 is 18.4 Å². The smallest absolute Gasteiger partial charge is 0.240 e. The van der Waals surface area contributed by atoms with E-state index in [0.717, 1.165) is 0 Å². The molecule has 2 rings (SSSR count). The fourth-order valence-electron chi connectivity index (χ4n) is 1.54. The molecule has 2 N–H and O–H groups in total. The molecule has 0 radical (unpaired) electrons. The molecule has 0 fully saturated rings. The van der Waals surface area contributed by atoms with Crippen molar-refractivity contribution >= 4 is 11.6 Å². The summed E-state index contributed by atoms with van der Waals surface area (Å²) >= 11 is 5.88. The number of halogens is 2. The summed E-state index contributed by atoms with van der Waals surface area (Å²) < 4.78 is 29.0. The van der Waals surface area contributed by atoms with E-state index in [4.69, 9.17) is 31.3 Å². The molecule has 0 amide bonds. The van der Waals surface area contributed by atoms with Gasteiger partial charge in [-0.15, -0.1) is 0 Å². The van der Waals surface area contributed by atoms with Crippen molar-refractivity contribution in [3.63, 3.8) is 0 Å². The normalized spacial score (nSPS) is 10.6. The molecule has 2 aromatic rings. The van der Waals surface area contributed by atoms with E-state index in [1.807, 2.05) is 0 Å². The minimum atomic E-state index is -0.719. The molecule has 1 heterocycles. The number of nitrogens with zero attached hydrogens (tertiary/aromatic N) is 2. The molecule has 0 aliphatic heterocycles. The summed E-state index contributed by atoms with van der Waals surface area (Å²) in [6.45, 7) is 0.0651. The average Bonchev–Trinajstić information content (AvgIpc) is 2.90. The summed E-state index contributed by atoms with van der Waals surface area (Å²) in [7, 11) is 2.78. The van der Waals surface area contributed by atoms with Crippen LogP contribution in [0.2, 0.25) is 5.02 Å². The summed E-state index contributed by atoms with van der Waals surface area (Å²) in [5.74, 6) is -0.110. The topological polar surface area (TPSA) is 83.4 Å². The van der Waals surface area contributed by atoms with Crippen molar-refractivity contribution in [2.24, 2.45) is 5.73 Å². The Balaban J connectivity index is 2.60. The Labute approximate surface area is 113 Å². The fraction of sp³-hybridized carbons (Fsp3) is 0.273. The lowest BCUT2D eigenvalue weighted by atomic mass is 10.1. The molecule has 0 saturated carbocycles. The third kappa shape index (κ3) is 2.34. The lowest BCUT2D eigenvalue weighted by Crippen LogP contribution is -1.98. The van der Waals surface area contributed by atoms with Crippen LogP contribution in [-0.4, -0.2) is 24.4 Å². The van der Waals surface area contributed by atoms with Gasteiger partial charge in [-0.25, -0.2) is 4.39 Å². The molecular formula is C11H11ClFN3O3. The second kappa shape index (κ2) is 5.41. The third-order valence-corrected chi connectivity index (χ3v) is 2.77. The van der Waals surface area contributed by atoms with Gasteiger partial charge in [-0.3, -0.25) is 0 Å². The molecule has 0 bridgehead atoms. The van der Waals surface area contributed by atoms with E-state index in [9.17, 15) is 4.39 Å². The van der Waals surface area contributed by atoms with Crippen LogP contribution in [0.4, 0.5) is 4.39 Å². The second-order valence-corrected chi connectivity index (χ2v) is 3.88. The summed E-state index contributed by atoms with van der Waals surface area (Å²) in [5.41, 5.74) is 5.40. The number of rotatable bonds is 4. The first-order valence-electron chi connectivity index (χ1n) is 5.25. The van der Waals surface area contributed by atoms with Gasteiger partial charge in [0.2, 0.25) is 11.7 Å². The van der Waals surface area contributed by atoms with Crippen LogP contribution in [0.1, 0.15) is 5.89 Å². The highest BCUT2D eigenvalue weighted by molar-refractivity contribution is 6.32. The largest absolute Gasteiger partial charge is 0.493 e. The summed E-state index contributed by atoms with van der Waals surface area (Å²) in [5, 5.41) is 3.42. The zero-order chi connectivity index (χ0) is 14.0. The van der Waals surface area contributed by atoms with E-state index in [-0.39, 0.29) is 40.3 Å². The molecule has 1 aromatic heterocycles. The van der Waals surface area contributed by atoms with Crippen LogP contribution in [0.5, 0.6) is 11.5 Å². The number of aromatic nitrogens is 2. The molecule has 0 spiro atoms. The van der Waals surface area contributed by atoms with Gasteiger partial charge >= 0.3 is 0 Å². The van der Waals surface area contributed by atoms with Crippen LogP contribution in [0.25, 0.3) is 11.4 Å². The zero-order valence-electron chi connectivity index (χ0n) is 10.2. The maximum absolute atomic E-state index is 14.1. The molecular weight excluding hydrogens is 277 g/mol. The van der Waals surface area contributed by atoms with E-state index in [0.29, 0.717) is 0 Å². The molecule has 0 atom stereocenters. The van der Waals surface area contributed by atoms with Gasteiger partial charge < -0.3 is 19.7 Å². The minimum absolute atomic E-state index is 0.0424. The van der Waals surface area contributed by atoms with E-state index >= 15 is 0 Å². The van der Waals surface area contributed by atoms with E-state index in [1.54, 1.807) is 0 Å². The number of hydrogen-bond acceptors (Lipinski definition) is 6. The number of ether oxygens (including phenoxy) is 2. The van der Waals surface area contributed by atoms with Gasteiger partial charge in [-0.2, -0.15) is 4.98 Å². The van der Waals surface area contributed by atoms with Gasteiger partial charge in [0.25, 0.3) is 0 Å². The molecule has 1 aromatic carbocycles. The van der Waals surface area contributed by atoms with Crippen LogP contribution < -0.4 is 15.2 Å². The van der Waals surface area contributed by atoms with Crippen LogP contribution in [0, 0.1) is 5.82 Å². The standard InChI is InChI=1S/C11H11ClFN3O3/c1-17-6-3-5(9(13)8(12)10(6)18-2)11-15-7(4-14)19-16-11/h3H,4,14H2,1-2H3. The Kier molecular flexibility index (Phi) is 3.87. The molecule has 0 aliphatic carbocycles. The SMILES string of the molecule is COc1cc(-c2noc(CN)n2)c(F)c(Cl)c1OC. The lowest BCUT2D eigenvalue weighted by Gasteiger charge is -2.11. The molecule has 0 aliphatic rings. The van der Waals surface area contributed by atoms with Crippen molar-refractivity contribution in [1.29, 1.82) is 0 Å². The van der Waals surface area contributed by atoms with Crippen LogP contribution in [0.3, 0.4) is 0 Å². The monoisotopic (exact) mass is 287 g/mol. The summed E-state index contributed by atoms with van der Waals surface area (Å²) in [4.78, 5) is 3.93. The van der Waals surface area contributed by atoms with Crippen molar-refractivity contribution in [3.05, 3.63) is 22.8 Å². The summed E-state index contributed by atoms with van der Waals surface area (Å²) in [6, 6.07) is 1.38. The van der Waals surface area contributed by atoms with Crippen LogP contribution in [0.15, 0.2) is 10.6 Å². The van der Waals surface area contributed by atoms with Gasteiger partial charge in [0.15, 0.2) is 17.3 Å². The van der Waals surface area contributed by atoms with Gasteiger partial charge in [-0.1, -0.05) is 16.8 Å². The van der Waals surface area contributed by atoms with E-state index < -0.39 is 5.82 Å². The Hall–Kier alpha value is -1.86. The highest BCUT2D eigenvalue weighted by Gasteiger charge is 2.22. The van der Waals surface area contributed by atoms with E-state index in [1.165, 1.54) is 20.3 Å². The molecule has 0 unspecified atom stereocenters. The number of benzene rings is 1. The van der Waals surface area contributed by atoms with Gasteiger partial charge in [-0.05, 0) is 6.07 Å². The quantitative estimate of drug-likeness (QED) is 0.926. The Bertz CT molecular complexity index is 603. The van der Waals surface area contributed by atoms with Crippen LogP contribution in [-0.2, 0) is 6.54 Å². The van der Waals surface area contributed by atoms with E-state index in [2.05, 4.69) is 10.1 Å². The van der Waals surface area contributed by atoms with Gasteiger partial charge in [0.1, 0.15) is 5.02 Å². The first-order chi connectivity index (χ1) is 9.12. The number of nitrogens with two attached hydrogens (primary N) is 1. The Morgan fingerprint density at radius 1 is 1.42 bits per heavy atom. The maximum atomic E-state index is 14.1. The molecule has 19 heavy (non-hydrogen) atoms. The highest BCUT2D eigenvalue weighted by Crippen LogP contribution is 2.41. The number of methoxy groups -OCH3 is 2. The third-order valence-electron chi connectivity index (χ3n) is 2.44. The zero-order valence-corrected chi connectivity index (χ0v) is 11.0. The molecule has 8 heteroatoms. The molecule has 0 saturated heterocycles. The molecule has 102 valence electrons. The maximum Gasteiger partial charge on any atom is 0.240 e. The van der Waals surface area contributed by atoms with Crippen LogP contribution >= 0.6 is 11.6 Å². The Morgan fingerprint density at radius 3 is 2.68 bits per heavy atom. The lowest BCUT2D eigenvalue weighted by molar-refractivity contribution is 0.352. The summed E-state index contributed by atoms with van der Waals surface area (Å²) in [6.07, 6.45) is 0. The van der Waals surface area contributed by atoms with Gasteiger partial charge in [0.05, 0.1) is 26.3 Å². The predicted molar refractivity (Wildman–Crippen MR) is 65.7 cm³/mol.